The topological polar surface area (TPSA) is 28.5 Å². The van der Waals surface area contributed by atoms with Gasteiger partial charge in [0.2, 0.25) is 5.91 Å². The van der Waals surface area contributed by atoms with Crippen molar-refractivity contribution in [2.45, 2.75) is 31.1 Å². The lowest BCUT2D eigenvalue weighted by Gasteiger charge is -2.28. The van der Waals surface area contributed by atoms with Gasteiger partial charge in [-0.3, -0.25) is 4.79 Å². The van der Waals surface area contributed by atoms with Gasteiger partial charge in [0.15, 0.2) is 0 Å². The molecule has 0 bridgehead atoms. The molecule has 0 spiro atoms. The van der Waals surface area contributed by atoms with Crippen molar-refractivity contribution in [2.75, 3.05) is 31.9 Å². The molecule has 1 amide bonds. The zero-order valence-corrected chi connectivity index (χ0v) is 15.8. The van der Waals surface area contributed by atoms with Crippen LogP contribution in [-0.2, 0) is 11.8 Å². The van der Waals surface area contributed by atoms with Crippen molar-refractivity contribution < 1.29 is 4.79 Å². The maximum Gasteiger partial charge on any atom is 0.233 e. The predicted molar refractivity (Wildman–Crippen MR) is 105 cm³/mol. The highest BCUT2D eigenvalue weighted by Crippen LogP contribution is 2.42. The van der Waals surface area contributed by atoms with E-state index in [9.17, 15) is 4.79 Å². The molecule has 2 aliphatic rings. The minimum atomic E-state index is 0.167. The Labute approximate surface area is 154 Å². The Morgan fingerprint density at radius 2 is 1.92 bits per heavy atom. The summed E-state index contributed by atoms with van der Waals surface area (Å²) in [6, 6.07) is 8.50. The number of aromatic nitrogens is 1. The lowest BCUT2D eigenvalue weighted by atomic mass is 10.1. The van der Waals surface area contributed by atoms with Gasteiger partial charge in [-0.2, -0.15) is 0 Å². The Balaban J connectivity index is 1.47. The molecule has 4 nitrogen and oxygen atoms in total. The van der Waals surface area contributed by atoms with Gasteiger partial charge in [0.05, 0.1) is 5.75 Å². The second-order valence-corrected chi connectivity index (χ2v) is 8.29. The van der Waals surface area contributed by atoms with Crippen molar-refractivity contribution in [1.82, 2.24) is 14.4 Å². The van der Waals surface area contributed by atoms with Crippen LogP contribution in [0.25, 0.3) is 10.9 Å². The van der Waals surface area contributed by atoms with Gasteiger partial charge in [0.1, 0.15) is 5.37 Å². The summed E-state index contributed by atoms with van der Waals surface area (Å²) in [5.74, 6) is 0.902. The first-order valence-electron chi connectivity index (χ1n) is 9.41. The minimum Gasteiger partial charge on any atom is -0.350 e. The van der Waals surface area contributed by atoms with Crippen LogP contribution >= 0.6 is 11.8 Å². The number of nitrogens with zero attached hydrogens (tertiary/aromatic N) is 3. The molecule has 0 aliphatic carbocycles. The van der Waals surface area contributed by atoms with E-state index in [1.54, 1.807) is 11.8 Å². The van der Waals surface area contributed by atoms with E-state index in [1.165, 1.54) is 48.8 Å². The number of para-hydroxylation sites is 1. The van der Waals surface area contributed by atoms with E-state index in [-0.39, 0.29) is 5.37 Å². The highest BCUT2D eigenvalue weighted by molar-refractivity contribution is 8.00. The zero-order chi connectivity index (χ0) is 17.2. The number of hydrogen-bond acceptors (Lipinski definition) is 3. The van der Waals surface area contributed by atoms with Crippen LogP contribution in [0.3, 0.4) is 0 Å². The molecule has 3 heterocycles. The summed E-state index contributed by atoms with van der Waals surface area (Å²) in [7, 11) is 2.09. The van der Waals surface area contributed by atoms with Gasteiger partial charge >= 0.3 is 0 Å². The lowest BCUT2D eigenvalue weighted by molar-refractivity contribution is -0.128. The van der Waals surface area contributed by atoms with E-state index in [4.69, 9.17) is 0 Å². The van der Waals surface area contributed by atoms with E-state index < -0.39 is 0 Å². The van der Waals surface area contributed by atoms with Gasteiger partial charge < -0.3 is 14.4 Å². The number of piperidine rings is 1. The van der Waals surface area contributed by atoms with Crippen molar-refractivity contribution >= 4 is 28.6 Å². The summed E-state index contributed by atoms with van der Waals surface area (Å²) in [5, 5.41) is 1.44. The molecule has 2 aromatic rings. The van der Waals surface area contributed by atoms with E-state index in [0.29, 0.717) is 11.7 Å². The number of thioether (sulfide) groups is 1. The van der Waals surface area contributed by atoms with Crippen LogP contribution in [-0.4, -0.2) is 52.2 Å². The fourth-order valence-electron chi connectivity index (χ4n) is 4.17. The zero-order valence-electron chi connectivity index (χ0n) is 15.0. The SMILES string of the molecule is Cn1cc(C2SCC(=O)N2CCCN2CCCCC2)c2ccccc21. The summed E-state index contributed by atoms with van der Waals surface area (Å²) in [4.78, 5) is 17.1. The van der Waals surface area contributed by atoms with Crippen molar-refractivity contribution in [3.05, 3.63) is 36.0 Å². The monoisotopic (exact) mass is 357 g/mol. The number of amides is 1. The number of hydrogen-bond donors (Lipinski definition) is 0. The van der Waals surface area contributed by atoms with E-state index in [1.807, 2.05) is 0 Å². The highest BCUT2D eigenvalue weighted by Gasteiger charge is 2.34. The van der Waals surface area contributed by atoms with Crippen LogP contribution in [0, 0.1) is 0 Å². The molecule has 4 rings (SSSR count). The standard InChI is InChI=1S/C20H27N3OS/c1-21-14-17(16-8-3-4-9-18(16)21)20-23(19(24)15-25-20)13-7-12-22-10-5-2-6-11-22/h3-4,8-9,14,20H,2,5-7,10-13,15H2,1H3. The van der Waals surface area contributed by atoms with E-state index >= 15 is 0 Å². The Hall–Kier alpha value is -1.46. The van der Waals surface area contributed by atoms with Gasteiger partial charge in [0, 0.05) is 36.3 Å². The van der Waals surface area contributed by atoms with Gasteiger partial charge in [-0.25, -0.2) is 0 Å². The second kappa shape index (κ2) is 7.42. The molecule has 1 aromatic heterocycles. The van der Waals surface area contributed by atoms with Gasteiger partial charge in [-0.1, -0.05) is 24.6 Å². The summed E-state index contributed by atoms with van der Waals surface area (Å²) < 4.78 is 2.18. The Morgan fingerprint density at radius 1 is 1.12 bits per heavy atom. The molecule has 1 atom stereocenters. The molecular weight excluding hydrogens is 330 g/mol. The molecule has 134 valence electrons. The number of fused-ring (bicyclic) bond motifs is 1. The molecule has 0 saturated carbocycles. The van der Waals surface area contributed by atoms with E-state index in [0.717, 1.165) is 19.5 Å². The minimum absolute atomic E-state index is 0.167. The molecule has 0 radical (unpaired) electrons. The molecule has 1 unspecified atom stereocenters. The number of benzene rings is 1. The molecule has 1 aromatic carbocycles. The van der Waals surface area contributed by atoms with Crippen molar-refractivity contribution in [1.29, 1.82) is 0 Å². The first-order chi connectivity index (χ1) is 12.2. The van der Waals surface area contributed by atoms with Crippen molar-refractivity contribution in [2.24, 2.45) is 7.05 Å². The first kappa shape index (κ1) is 17.0. The average molecular weight is 358 g/mol. The number of carbonyl (C=O) groups excluding carboxylic acids is 1. The largest absolute Gasteiger partial charge is 0.350 e. The maximum atomic E-state index is 12.5. The van der Waals surface area contributed by atoms with Crippen LogP contribution < -0.4 is 0 Å². The highest BCUT2D eigenvalue weighted by atomic mass is 32.2. The number of carbonyl (C=O) groups is 1. The molecule has 0 N–H and O–H groups in total. The van der Waals surface area contributed by atoms with Crippen LogP contribution in [0.2, 0.25) is 0 Å². The van der Waals surface area contributed by atoms with Crippen molar-refractivity contribution in [3.8, 4) is 0 Å². The molecule has 2 saturated heterocycles. The third kappa shape index (κ3) is 3.44. The third-order valence-electron chi connectivity index (χ3n) is 5.48. The average Bonchev–Trinajstić information content (AvgIpc) is 3.17. The number of aryl methyl sites for hydroxylation is 1. The second-order valence-electron chi connectivity index (χ2n) is 7.22. The smallest absolute Gasteiger partial charge is 0.233 e. The normalized spacial score (nSPS) is 22.2. The quantitative estimate of drug-likeness (QED) is 0.818. The predicted octanol–water partition coefficient (Wildman–Crippen LogP) is 3.63. The fraction of sp³-hybridized carbons (Fsp3) is 0.550. The van der Waals surface area contributed by atoms with Gasteiger partial charge in [-0.15, -0.1) is 11.8 Å². The number of rotatable bonds is 5. The lowest BCUT2D eigenvalue weighted by Crippen LogP contribution is -2.34. The van der Waals surface area contributed by atoms with Crippen LogP contribution in [0.4, 0.5) is 0 Å². The summed E-state index contributed by atoms with van der Waals surface area (Å²) in [5.41, 5.74) is 2.53. The Kier molecular flexibility index (Phi) is 5.04. The van der Waals surface area contributed by atoms with Crippen molar-refractivity contribution in [3.63, 3.8) is 0 Å². The maximum absolute atomic E-state index is 12.5. The van der Waals surface area contributed by atoms with Crippen LogP contribution in [0.1, 0.15) is 36.6 Å². The van der Waals surface area contributed by atoms with Crippen LogP contribution in [0.15, 0.2) is 30.5 Å². The van der Waals surface area contributed by atoms with Crippen LogP contribution in [0.5, 0.6) is 0 Å². The molecule has 2 aliphatic heterocycles. The van der Waals surface area contributed by atoms with E-state index in [2.05, 4.69) is 51.9 Å². The van der Waals surface area contributed by atoms with Gasteiger partial charge in [0.25, 0.3) is 0 Å². The Bertz CT molecular complexity index is 750. The summed E-state index contributed by atoms with van der Waals surface area (Å²) in [6.45, 7) is 4.46. The summed E-state index contributed by atoms with van der Waals surface area (Å²) >= 11 is 1.78. The Morgan fingerprint density at radius 3 is 2.76 bits per heavy atom. The number of likely N-dealkylation sites (tertiary alicyclic amines) is 1. The molecule has 25 heavy (non-hydrogen) atoms. The van der Waals surface area contributed by atoms with Gasteiger partial charge in [-0.05, 0) is 45.0 Å². The molecule has 5 heteroatoms. The third-order valence-corrected chi connectivity index (χ3v) is 6.72. The molecular formula is C20H27N3OS. The fourth-order valence-corrected chi connectivity index (χ4v) is 5.41. The summed E-state index contributed by atoms with van der Waals surface area (Å²) in [6.07, 6.45) is 7.32. The first-order valence-corrected chi connectivity index (χ1v) is 10.5. The molecule has 2 fully saturated rings.